The number of benzene rings is 1. The molecule has 0 amide bonds. The van der Waals surface area contributed by atoms with Crippen molar-refractivity contribution in [2.75, 3.05) is 0 Å². The molecule has 0 saturated carbocycles. The first kappa shape index (κ1) is 11.6. The topological polar surface area (TPSA) is 71.0 Å². The lowest BCUT2D eigenvalue weighted by Gasteiger charge is -2.27. The van der Waals surface area contributed by atoms with Crippen molar-refractivity contribution in [2.24, 2.45) is 0 Å². The molecule has 2 aromatic rings. The average molecular weight is 261 g/mol. The molecule has 5 nitrogen and oxygen atoms in total. The Morgan fingerprint density at radius 2 is 2.44 bits per heavy atom. The largest absolute Gasteiger partial charge is 0.537 e. The van der Waals surface area contributed by atoms with Crippen LogP contribution in [0.2, 0.25) is 0 Å². The van der Waals surface area contributed by atoms with E-state index in [9.17, 15) is 5.02 Å². The lowest BCUT2D eigenvalue weighted by atomic mass is 9.77. The fourth-order valence-electron chi connectivity index (χ4n) is 2.05. The molecule has 1 aromatic carbocycles. The van der Waals surface area contributed by atoms with Crippen LogP contribution in [0.25, 0.3) is 0 Å². The Hall–Kier alpha value is -1.47. The molecule has 0 aliphatic carbocycles. The zero-order valence-electron chi connectivity index (χ0n) is 9.83. The maximum Gasteiger partial charge on any atom is 0.537 e. The molecule has 92 valence electrons. The highest BCUT2D eigenvalue weighted by atomic mass is 32.2. The van der Waals surface area contributed by atoms with Crippen LogP contribution in [-0.4, -0.2) is 32.5 Å². The maximum atomic E-state index is 10.0. The molecule has 1 atom stereocenters. The number of H-pyrrole nitrogens is 1. The number of fused-ring (bicyclic) bond motifs is 1. The number of hydrogen-bond donors (Lipinski definition) is 2. The molecule has 0 radical (unpaired) electrons. The number of para-hydroxylation sites is 1. The van der Waals surface area contributed by atoms with Gasteiger partial charge in [-0.25, -0.2) is 0 Å². The van der Waals surface area contributed by atoms with Crippen LogP contribution in [0.1, 0.15) is 11.1 Å². The number of aromatic amines is 1. The number of nitrogens with one attached hydrogen (secondary N) is 1. The molecule has 0 saturated heterocycles. The third kappa shape index (κ3) is 2.11. The Bertz CT molecular complexity index is 549. The van der Waals surface area contributed by atoms with Gasteiger partial charge in [0.15, 0.2) is 5.16 Å². The van der Waals surface area contributed by atoms with Crippen LogP contribution in [0, 0.1) is 6.92 Å². The van der Waals surface area contributed by atoms with E-state index in [1.807, 2.05) is 25.1 Å². The Balaban J connectivity index is 1.83. The number of nitrogens with zero attached hydrogens (tertiary/aromatic N) is 2. The van der Waals surface area contributed by atoms with E-state index in [1.54, 1.807) is 0 Å². The fraction of sp³-hybridized carbons (Fsp3) is 0.273. The van der Waals surface area contributed by atoms with Gasteiger partial charge >= 0.3 is 7.12 Å². The summed E-state index contributed by atoms with van der Waals surface area (Å²) >= 11 is 1.44. The Morgan fingerprint density at radius 1 is 1.56 bits per heavy atom. The van der Waals surface area contributed by atoms with Gasteiger partial charge in [0.1, 0.15) is 12.1 Å². The van der Waals surface area contributed by atoms with Gasteiger partial charge in [0.2, 0.25) is 0 Å². The minimum atomic E-state index is -0.825. The molecule has 0 unspecified atom stereocenters. The number of thioether (sulfide) groups is 1. The van der Waals surface area contributed by atoms with Crippen molar-refractivity contribution in [1.29, 1.82) is 0 Å². The van der Waals surface area contributed by atoms with E-state index in [0.29, 0.717) is 5.16 Å². The molecular formula is C11H12BN3O2S. The second-order valence-electron chi connectivity index (χ2n) is 4.23. The molecule has 1 aliphatic rings. The van der Waals surface area contributed by atoms with E-state index < -0.39 is 7.12 Å². The first-order valence-electron chi connectivity index (χ1n) is 5.70. The number of aryl methyl sites for hydroxylation is 1. The van der Waals surface area contributed by atoms with Crippen molar-refractivity contribution in [3.05, 3.63) is 35.7 Å². The fourth-order valence-corrected chi connectivity index (χ4v) is 2.99. The normalized spacial score (nSPS) is 18.3. The third-order valence-corrected chi connectivity index (χ3v) is 4.05. The summed E-state index contributed by atoms with van der Waals surface area (Å²) in [7, 11) is -0.825. The van der Waals surface area contributed by atoms with Crippen LogP contribution in [0.15, 0.2) is 29.7 Å². The van der Waals surface area contributed by atoms with Crippen LogP contribution in [0.5, 0.6) is 5.75 Å². The molecule has 3 rings (SSSR count). The standard InChI is InChI=1S/C11H12BN3O2S/c1-7-3-2-4-8-5-9(12(16)17-10(7)8)18-11-13-6-14-15-11/h2-4,6,9,16H,5H2,1H3,(H,13,14,15)/t9-/m0/s1. The highest BCUT2D eigenvalue weighted by molar-refractivity contribution is 8.01. The van der Waals surface area contributed by atoms with Crippen LogP contribution < -0.4 is 4.65 Å². The Labute approximate surface area is 109 Å². The zero-order chi connectivity index (χ0) is 12.5. The molecule has 7 heteroatoms. The van der Waals surface area contributed by atoms with E-state index in [1.165, 1.54) is 18.1 Å². The van der Waals surface area contributed by atoms with Crippen LogP contribution in [-0.2, 0) is 6.42 Å². The molecule has 1 aliphatic heterocycles. The molecule has 0 spiro atoms. The van der Waals surface area contributed by atoms with Gasteiger partial charge in [0.05, 0.1) is 5.15 Å². The summed E-state index contributed by atoms with van der Waals surface area (Å²) in [5.41, 5.74) is 2.17. The molecule has 0 fully saturated rings. The lowest BCUT2D eigenvalue weighted by molar-refractivity contribution is 0.393. The summed E-state index contributed by atoms with van der Waals surface area (Å²) in [6.07, 6.45) is 2.28. The monoisotopic (exact) mass is 261 g/mol. The van der Waals surface area contributed by atoms with Crippen molar-refractivity contribution in [3.63, 3.8) is 0 Å². The molecule has 2 N–H and O–H groups in total. The van der Waals surface area contributed by atoms with Gasteiger partial charge < -0.3 is 14.7 Å². The van der Waals surface area contributed by atoms with Crippen molar-refractivity contribution in [1.82, 2.24) is 15.2 Å². The van der Waals surface area contributed by atoms with Crippen LogP contribution >= 0.6 is 11.8 Å². The predicted molar refractivity (Wildman–Crippen MR) is 69.5 cm³/mol. The third-order valence-electron chi connectivity index (χ3n) is 2.93. The summed E-state index contributed by atoms with van der Waals surface area (Å²) in [6.45, 7) is 1.98. The SMILES string of the molecule is Cc1cccc2c1OB(O)[C@@H](Sc1nnc[nH]1)C2. The first-order chi connectivity index (χ1) is 8.74. The first-order valence-corrected chi connectivity index (χ1v) is 6.58. The van der Waals surface area contributed by atoms with Gasteiger partial charge in [-0.3, -0.25) is 0 Å². The van der Waals surface area contributed by atoms with Gasteiger partial charge in [-0.1, -0.05) is 30.0 Å². The van der Waals surface area contributed by atoms with Crippen molar-refractivity contribution in [2.45, 2.75) is 23.7 Å². The molecule has 18 heavy (non-hydrogen) atoms. The highest BCUT2D eigenvalue weighted by Crippen LogP contribution is 2.34. The number of rotatable bonds is 2. The van der Waals surface area contributed by atoms with E-state index in [-0.39, 0.29) is 5.15 Å². The highest BCUT2D eigenvalue weighted by Gasteiger charge is 2.36. The predicted octanol–water partition coefficient (Wildman–Crippen LogP) is 1.23. The summed E-state index contributed by atoms with van der Waals surface area (Å²) in [5, 5.41) is 18.3. The lowest BCUT2D eigenvalue weighted by Crippen LogP contribution is -2.40. The van der Waals surface area contributed by atoms with Gasteiger partial charge in [0, 0.05) is 0 Å². The van der Waals surface area contributed by atoms with Crippen molar-refractivity contribution < 1.29 is 9.68 Å². The minimum Gasteiger partial charge on any atom is -0.535 e. The minimum absolute atomic E-state index is 0.0766. The van der Waals surface area contributed by atoms with Crippen LogP contribution in [0.3, 0.4) is 0 Å². The van der Waals surface area contributed by atoms with E-state index in [2.05, 4.69) is 15.2 Å². The zero-order valence-corrected chi connectivity index (χ0v) is 10.6. The summed E-state index contributed by atoms with van der Waals surface area (Å²) in [6, 6.07) is 6.02. The molecule has 2 heterocycles. The molecular weight excluding hydrogens is 249 g/mol. The van der Waals surface area contributed by atoms with Gasteiger partial charge in [-0.2, -0.15) is 0 Å². The van der Waals surface area contributed by atoms with E-state index in [0.717, 1.165) is 23.3 Å². The van der Waals surface area contributed by atoms with Gasteiger partial charge in [-0.15, -0.1) is 10.2 Å². The summed E-state index contributed by atoms with van der Waals surface area (Å²) in [4.78, 5) is 2.91. The second kappa shape index (κ2) is 4.66. The smallest absolute Gasteiger partial charge is 0.535 e. The van der Waals surface area contributed by atoms with Gasteiger partial charge in [-0.05, 0) is 24.5 Å². The quantitative estimate of drug-likeness (QED) is 0.795. The van der Waals surface area contributed by atoms with E-state index >= 15 is 0 Å². The van der Waals surface area contributed by atoms with Crippen molar-refractivity contribution in [3.8, 4) is 5.75 Å². The molecule has 1 aromatic heterocycles. The average Bonchev–Trinajstić information content (AvgIpc) is 2.84. The Kier molecular flexibility index (Phi) is 3.01. The number of aromatic nitrogens is 3. The summed E-state index contributed by atoms with van der Waals surface area (Å²) in [5.74, 6) is 0.805. The molecule has 0 bridgehead atoms. The Morgan fingerprint density at radius 3 is 3.22 bits per heavy atom. The van der Waals surface area contributed by atoms with Gasteiger partial charge in [0.25, 0.3) is 0 Å². The summed E-state index contributed by atoms with van der Waals surface area (Å²) < 4.78 is 5.60. The second-order valence-corrected chi connectivity index (χ2v) is 5.45. The maximum absolute atomic E-state index is 10.0. The number of hydrogen-bond acceptors (Lipinski definition) is 5. The van der Waals surface area contributed by atoms with Crippen molar-refractivity contribution >= 4 is 18.9 Å². The van der Waals surface area contributed by atoms with Crippen LogP contribution in [0.4, 0.5) is 0 Å². The van der Waals surface area contributed by atoms with E-state index in [4.69, 9.17) is 4.65 Å².